The lowest BCUT2D eigenvalue weighted by Gasteiger charge is -2.30. The molecule has 0 aliphatic carbocycles. The average Bonchev–Trinajstić information content (AvgIpc) is 3.23. The number of methoxy groups -OCH3 is 2. The Labute approximate surface area is 376 Å². The minimum Gasteiger partial charge on any atom is -0.496 e. The van der Waals surface area contributed by atoms with E-state index in [1.807, 2.05) is 0 Å². The third-order valence-electron chi connectivity index (χ3n) is 9.80. The highest BCUT2D eigenvalue weighted by atomic mass is 35.5. The number of nitrogen functional groups attached to an aromatic ring is 2. The Morgan fingerprint density at radius 1 is 0.714 bits per heavy atom. The monoisotopic (exact) mass is 972 g/mol. The zero-order valence-corrected chi connectivity index (χ0v) is 39.1. The Hall–Kier alpha value is -4.75. The first-order valence-electron chi connectivity index (χ1n) is 19.2. The molecule has 4 heterocycles. The molecule has 7 N–H and O–H groups in total. The van der Waals surface area contributed by atoms with Gasteiger partial charge < -0.3 is 32.0 Å². The molecule has 344 valence electrons. The summed E-state index contributed by atoms with van der Waals surface area (Å²) < 4.78 is 81.9. The number of sulfone groups is 1. The number of nitrogens with two attached hydrogens (primary N) is 3. The van der Waals surface area contributed by atoms with E-state index in [-0.39, 0.29) is 57.7 Å². The summed E-state index contributed by atoms with van der Waals surface area (Å²) in [5, 5.41) is 3.48. The lowest BCUT2D eigenvalue weighted by Crippen LogP contribution is -2.42. The number of benzene rings is 2. The van der Waals surface area contributed by atoms with Crippen LogP contribution < -0.4 is 32.0 Å². The van der Waals surface area contributed by atoms with Crippen molar-refractivity contribution in [2.24, 2.45) is 5.73 Å². The Balaban J connectivity index is 0.000000227. The number of hydrogen-bond acceptors (Lipinski definition) is 18. The Bertz CT molecular complexity index is 2630. The van der Waals surface area contributed by atoms with Crippen molar-refractivity contribution in [3.63, 3.8) is 0 Å². The SMILES string of the molecule is CCS(=O)(=O)c1ncc(C(=O)c2cc(Cl)ccc2OC)c(N)n1.COc1ccc(Cl)cc1C(=O)c1cnc(NC2CCN(S(C)(=O)=O)CC2)nc1N.CS(=O)(=O)N1CCC(N)CC1. The second-order valence-corrected chi connectivity index (χ2v) is 21.3. The largest absolute Gasteiger partial charge is 0.496 e. The van der Waals surface area contributed by atoms with E-state index in [4.69, 9.17) is 49.9 Å². The minimum atomic E-state index is -3.61. The summed E-state index contributed by atoms with van der Waals surface area (Å²) in [5.41, 5.74) is 17.9. The number of nitrogens with zero attached hydrogens (tertiary/aromatic N) is 6. The van der Waals surface area contributed by atoms with Crippen LogP contribution in [0.1, 0.15) is 64.4 Å². The van der Waals surface area contributed by atoms with Crippen LogP contribution in [0.15, 0.2) is 53.9 Å². The van der Waals surface area contributed by atoms with Crippen molar-refractivity contribution in [3.05, 3.63) is 81.1 Å². The molecule has 2 aliphatic heterocycles. The van der Waals surface area contributed by atoms with Crippen molar-refractivity contribution in [3.8, 4) is 11.5 Å². The fourth-order valence-corrected chi connectivity index (χ4v) is 9.00. The molecule has 4 aromatic rings. The molecule has 2 aromatic carbocycles. The second kappa shape index (κ2) is 21.8. The van der Waals surface area contributed by atoms with Crippen molar-refractivity contribution in [2.75, 3.05) is 75.4 Å². The first-order chi connectivity index (χ1) is 29.5. The summed E-state index contributed by atoms with van der Waals surface area (Å²) >= 11 is 11.9. The van der Waals surface area contributed by atoms with E-state index < -0.39 is 46.6 Å². The van der Waals surface area contributed by atoms with Gasteiger partial charge in [0.1, 0.15) is 23.1 Å². The number of halogens is 2. The minimum absolute atomic E-state index is 0.0157. The molecule has 20 nitrogen and oxygen atoms in total. The predicted molar refractivity (Wildman–Crippen MR) is 240 cm³/mol. The standard InChI is InChI=1S/C18H22ClN5O4S.C14H14ClN3O4S.C6H14N2O2S/c1-28-15-4-3-11(19)9-13(15)16(25)14-10-21-18(23-17(14)20)22-12-5-7-24(8-6-12)29(2,26)27;1-3-23(20,21)14-17-7-10(13(16)18-14)12(19)9-6-8(15)4-5-11(9)22-2;1-11(9,10)8-4-2-6(7)3-5-8/h3-4,9-10,12H,5-8H2,1-2H3,(H3,20,21,22,23);4-7H,3H2,1-2H3,(H2,16,17,18);6H,2-5,7H2,1H3. The van der Waals surface area contributed by atoms with Crippen LogP contribution in [0.25, 0.3) is 0 Å². The number of nitrogens with one attached hydrogen (secondary N) is 1. The third-order valence-corrected chi connectivity index (χ3v) is 14.4. The van der Waals surface area contributed by atoms with Crippen molar-refractivity contribution >= 4 is 82.2 Å². The van der Waals surface area contributed by atoms with Crippen LogP contribution in [-0.2, 0) is 29.9 Å². The number of aromatic nitrogens is 4. The van der Waals surface area contributed by atoms with E-state index >= 15 is 0 Å². The van der Waals surface area contributed by atoms with E-state index in [2.05, 4.69) is 25.3 Å². The topological polar surface area (TPSA) is 303 Å². The molecule has 25 heteroatoms. The second-order valence-electron chi connectivity index (χ2n) is 14.3. The van der Waals surface area contributed by atoms with E-state index in [9.17, 15) is 34.8 Å². The fourth-order valence-electron chi connectivity index (χ4n) is 6.20. The maximum atomic E-state index is 12.8. The van der Waals surface area contributed by atoms with Crippen LogP contribution >= 0.6 is 23.2 Å². The summed E-state index contributed by atoms with van der Waals surface area (Å²) in [4.78, 5) is 41.3. The molecule has 2 saturated heterocycles. The first kappa shape index (κ1) is 50.9. The Kier molecular flexibility index (Phi) is 17.6. The van der Waals surface area contributed by atoms with Crippen molar-refractivity contribution < 1.29 is 44.3 Å². The Morgan fingerprint density at radius 2 is 1.14 bits per heavy atom. The van der Waals surface area contributed by atoms with Gasteiger partial charge in [-0.2, -0.15) is 4.98 Å². The number of piperidine rings is 2. The van der Waals surface area contributed by atoms with Gasteiger partial charge in [-0.15, -0.1) is 0 Å². The van der Waals surface area contributed by atoms with Gasteiger partial charge in [0.2, 0.25) is 52.6 Å². The highest BCUT2D eigenvalue weighted by Crippen LogP contribution is 2.28. The quantitative estimate of drug-likeness (QED) is 0.117. The maximum absolute atomic E-state index is 12.8. The third kappa shape index (κ3) is 13.9. The summed E-state index contributed by atoms with van der Waals surface area (Å²) in [6.45, 7) is 3.49. The van der Waals surface area contributed by atoms with E-state index in [1.165, 1.54) is 60.6 Å². The van der Waals surface area contributed by atoms with E-state index in [0.29, 0.717) is 60.6 Å². The van der Waals surface area contributed by atoms with Crippen LogP contribution in [0.4, 0.5) is 17.6 Å². The number of sulfonamides is 2. The van der Waals surface area contributed by atoms with Crippen LogP contribution in [-0.4, -0.2) is 136 Å². The number of anilines is 3. The molecule has 0 bridgehead atoms. The van der Waals surface area contributed by atoms with Crippen LogP contribution in [0.5, 0.6) is 11.5 Å². The van der Waals surface area contributed by atoms with Crippen LogP contribution in [0, 0.1) is 0 Å². The van der Waals surface area contributed by atoms with E-state index in [1.54, 1.807) is 24.3 Å². The molecule has 0 atom stereocenters. The zero-order chi connectivity index (χ0) is 46.9. The van der Waals surface area contributed by atoms with Gasteiger partial charge in [0.15, 0.2) is 0 Å². The summed E-state index contributed by atoms with van der Waals surface area (Å²) in [7, 11) is -6.89. The van der Waals surface area contributed by atoms with E-state index in [0.717, 1.165) is 19.0 Å². The lowest BCUT2D eigenvalue weighted by molar-refractivity contribution is 0.102. The molecular weight excluding hydrogens is 924 g/mol. The molecule has 2 aliphatic rings. The number of ether oxygens (including phenoxy) is 2. The molecule has 63 heavy (non-hydrogen) atoms. The van der Waals surface area contributed by atoms with Gasteiger partial charge in [-0.3, -0.25) is 9.59 Å². The maximum Gasteiger partial charge on any atom is 0.249 e. The highest BCUT2D eigenvalue weighted by molar-refractivity contribution is 7.91. The number of hydrogen-bond donors (Lipinski definition) is 4. The molecule has 0 amide bonds. The lowest BCUT2D eigenvalue weighted by atomic mass is 10.0. The van der Waals surface area contributed by atoms with Crippen molar-refractivity contribution in [2.45, 2.75) is 49.8 Å². The molecule has 6 rings (SSSR count). The summed E-state index contributed by atoms with van der Waals surface area (Å²) in [6, 6.07) is 9.49. The molecule has 0 unspecified atom stereocenters. The molecule has 0 radical (unpaired) electrons. The normalized spacial score (nSPS) is 15.6. The molecule has 0 spiro atoms. The Morgan fingerprint density at radius 3 is 1.54 bits per heavy atom. The van der Waals surface area contributed by atoms with Gasteiger partial charge in [0.05, 0.1) is 54.7 Å². The van der Waals surface area contributed by atoms with Crippen LogP contribution in [0.3, 0.4) is 0 Å². The molecular formula is C38H50Cl2N10O10S3. The fraction of sp³-hybridized carbons (Fsp3) is 0.421. The van der Waals surface area contributed by atoms with Gasteiger partial charge >= 0.3 is 0 Å². The summed E-state index contributed by atoms with van der Waals surface area (Å²) in [6.07, 6.45) is 7.71. The van der Waals surface area contributed by atoms with Gasteiger partial charge in [-0.25, -0.2) is 48.8 Å². The smallest absolute Gasteiger partial charge is 0.249 e. The predicted octanol–water partition coefficient (Wildman–Crippen LogP) is 2.90. The zero-order valence-electron chi connectivity index (χ0n) is 35.1. The van der Waals surface area contributed by atoms with Gasteiger partial charge in [0.25, 0.3) is 0 Å². The van der Waals surface area contributed by atoms with Crippen molar-refractivity contribution in [1.82, 2.24) is 28.5 Å². The number of carbonyl (C=O) groups excluding carboxylic acids is 2. The average molecular weight is 974 g/mol. The molecule has 2 fully saturated rings. The van der Waals surface area contributed by atoms with Gasteiger partial charge in [-0.05, 0) is 62.1 Å². The molecule has 2 aromatic heterocycles. The number of ketones is 2. The highest BCUT2D eigenvalue weighted by Gasteiger charge is 2.27. The number of rotatable bonds is 12. The molecule has 0 saturated carbocycles. The van der Waals surface area contributed by atoms with Crippen LogP contribution in [0.2, 0.25) is 10.0 Å². The summed E-state index contributed by atoms with van der Waals surface area (Å²) in [5.74, 6) is -0.293. The number of carbonyl (C=O) groups is 2. The first-order valence-corrected chi connectivity index (χ1v) is 25.3. The van der Waals surface area contributed by atoms with Crippen molar-refractivity contribution in [1.29, 1.82) is 0 Å². The van der Waals surface area contributed by atoms with Gasteiger partial charge in [-0.1, -0.05) is 30.1 Å². The van der Waals surface area contributed by atoms with Gasteiger partial charge in [0, 0.05) is 60.7 Å².